The molecule has 0 fully saturated rings. The smallest absolute Gasteiger partial charge is 0.237 e. The zero-order chi connectivity index (χ0) is 19.4. The number of nitrogen functional groups attached to an aromatic ring is 1. The van der Waals surface area contributed by atoms with Crippen LogP contribution in [0.1, 0.15) is 12.5 Å². The maximum absolute atomic E-state index is 12.5. The Morgan fingerprint density at radius 3 is 2.63 bits per heavy atom. The number of para-hydroxylation sites is 2. The van der Waals surface area contributed by atoms with Gasteiger partial charge in [0.25, 0.3) is 0 Å². The SMILES string of the molecule is COc1ccccc1NC(=O)[C@H](C)Sc1nnc(-c2ccccc2C)n1N. The second-order valence-corrected chi connectivity index (χ2v) is 7.25. The molecule has 1 heterocycles. The number of thioether (sulfide) groups is 1. The summed E-state index contributed by atoms with van der Waals surface area (Å²) < 4.78 is 6.68. The van der Waals surface area contributed by atoms with Crippen molar-refractivity contribution in [1.82, 2.24) is 14.9 Å². The maximum atomic E-state index is 12.5. The van der Waals surface area contributed by atoms with Crippen molar-refractivity contribution in [2.24, 2.45) is 0 Å². The molecule has 0 saturated carbocycles. The van der Waals surface area contributed by atoms with Crippen LogP contribution in [0.2, 0.25) is 0 Å². The van der Waals surface area contributed by atoms with E-state index in [1.165, 1.54) is 16.4 Å². The van der Waals surface area contributed by atoms with Crippen LogP contribution in [0.15, 0.2) is 53.7 Å². The molecular weight excluding hydrogens is 362 g/mol. The van der Waals surface area contributed by atoms with Gasteiger partial charge in [0.1, 0.15) is 5.75 Å². The summed E-state index contributed by atoms with van der Waals surface area (Å²) in [6, 6.07) is 15.1. The van der Waals surface area contributed by atoms with E-state index in [0.717, 1.165) is 11.1 Å². The molecule has 3 N–H and O–H groups in total. The Labute approximate surface area is 161 Å². The van der Waals surface area contributed by atoms with Crippen LogP contribution >= 0.6 is 11.8 Å². The van der Waals surface area contributed by atoms with E-state index in [0.29, 0.717) is 22.4 Å². The predicted octanol–water partition coefficient (Wildman–Crippen LogP) is 3.10. The zero-order valence-electron chi connectivity index (χ0n) is 15.3. The normalized spacial score (nSPS) is 11.8. The van der Waals surface area contributed by atoms with Crippen molar-refractivity contribution in [3.8, 4) is 17.1 Å². The standard InChI is InChI=1S/C19H21N5O2S/c1-12-8-4-5-9-14(12)17-22-23-19(24(17)20)27-13(2)18(25)21-15-10-6-7-11-16(15)26-3/h4-11,13H,20H2,1-3H3,(H,21,25)/t13-/m0/s1. The fourth-order valence-electron chi connectivity index (χ4n) is 2.56. The lowest BCUT2D eigenvalue weighted by molar-refractivity contribution is -0.115. The third-order valence-corrected chi connectivity index (χ3v) is 5.12. The van der Waals surface area contributed by atoms with Gasteiger partial charge in [0.2, 0.25) is 11.1 Å². The first-order valence-electron chi connectivity index (χ1n) is 8.38. The van der Waals surface area contributed by atoms with Crippen molar-refractivity contribution in [3.63, 3.8) is 0 Å². The second-order valence-electron chi connectivity index (χ2n) is 5.94. The average Bonchev–Trinajstić information content (AvgIpc) is 3.03. The first kappa shape index (κ1) is 18.8. The highest BCUT2D eigenvalue weighted by atomic mass is 32.2. The van der Waals surface area contributed by atoms with Gasteiger partial charge in [-0.15, -0.1) is 10.2 Å². The van der Waals surface area contributed by atoms with Gasteiger partial charge in [-0.2, -0.15) is 0 Å². The Balaban J connectivity index is 1.74. The molecule has 1 amide bonds. The molecule has 2 aromatic carbocycles. The zero-order valence-corrected chi connectivity index (χ0v) is 16.2. The summed E-state index contributed by atoms with van der Waals surface area (Å²) in [5.74, 6) is 7.16. The number of amides is 1. The molecule has 27 heavy (non-hydrogen) atoms. The molecule has 0 aliphatic heterocycles. The Kier molecular flexibility index (Phi) is 5.66. The Hall–Kier alpha value is -3.00. The molecule has 1 aromatic heterocycles. The summed E-state index contributed by atoms with van der Waals surface area (Å²) in [5, 5.41) is 11.2. The molecular formula is C19H21N5O2S. The third kappa shape index (κ3) is 4.06. The fourth-order valence-corrected chi connectivity index (χ4v) is 3.33. The number of nitrogens with two attached hydrogens (primary N) is 1. The van der Waals surface area contributed by atoms with Gasteiger partial charge in [-0.25, -0.2) is 4.68 Å². The fraction of sp³-hybridized carbons (Fsp3) is 0.211. The number of carbonyl (C=O) groups excluding carboxylic acids is 1. The number of ether oxygens (including phenoxy) is 1. The van der Waals surface area contributed by atoms with E-state index in [4.69, 9.17) is 10.6 Å². The minimum absolute atomic E-state index is 0.176. The van der Waals surface area contributed by atoms with Gasteiger partial charge in [0, 0.05) is 5.56 Å². The summed E-state index contributed by atoms with van der Waals surface area (Å²) in [7, 11) is 1.56. The van der Waals surface area contributed by atoms with E-state index in [2.05, 4.69) is 15.5 Å². The van der Waals surface area contributed by atoms with Crippen LogP contribution in [-0.2, 0) is 4.79 Å². The van der Waals surface area contributed by atoms with Gasteiger partial charge < -0.3 is 15.9 Å². The van der Waals surface area contributed by atoms with Crippen LogP contribution in [0.25, 0.3) is 11.4 Å². The number of aryl methyl sites for hydroxylation is 1. The van der Waals surface area contributed by atoms with Crippen LogP contribution in [0.5, 0.6) is 5.75 Å². The van der Waals surface area contributed by atoms with Gasteiger partial charge in [-0.1, -0.05) is 48.2 Å². The van der Waals surface area contributed by atoms with E-state index in [-0.39, 0.29) is 5.91 Å². The number of anilines is 1. The lowest BCUT2D eigenvalue weighted by atomic mass is 10.1. The molecule has 3 rings (SSSR count). The third-order valence-electron chi connectivity index (χ3n) is 4.07. The number of methoxy groups -OCH3 is 1. The number of rotatable bonds is 6. The summed E-state index contributed by atoms with van der Waals surface area (Å²) in [6.45, 7) is 3.78. The second kappa shape index (κ2) is 8.13. The van der Waals surface area contributed by atoms with Gasteiger partial charge in [-0.3, -0.25) is 4.79 Å². The number of hydrogen-bond acceptors (Lipinski definition) is 6. The van der Waals surface area contributed by atoms with E-state index in [1.54, 1.807) is 26.2 Å². The Morgan fingerprint density at radius 1 is 1.19 bits per heavy atom. The van der Waals surface area contributed by atoms with Crippen molar-refractivity contribution in [1.29, 1.82) is 0 Å². The molecule has 3 aromatic rings. The molecule has 0 spiro atoms. The van der Waals surface area contributed by atoms with Crippen molar-refractivity contribution >= 4 is 23.4 Å². The molecule has 0 saturated heterocycles. The van der Waals surface area contributed by atoms with Crippen molar-refractivity contribution < 1.29 is 9.53 Å². The van der Waals surface area contributed by atoms with Gasteiger partial charge in [0.15, 0.2) is 5.82 Å². The molecule has 8 heteroatoms. The number of aromatic nitrogens is 3. The summed E-state index contributed by atoms with van der Waals surface area (Å²) in [4.78, 5) is 12.5. The number of nitrogens with zero attached hydrogens (tertiary/aromatic N) is 3. The van der Waals surface area contributed by atoms with Crippen LogP contribution in [0.3, 0.4) is 0 Å². The van der Waals surface area contributed by atoms with E-state index < -0.39 is 5.25 Å². The van der Waals surface area contributed by atoms with E-state index in [9.17, 15) is 4.79 Å². The first-order valence-corrected chi connectivity index (χ1v) is 9.26. The van der Waals surface area contributed by atoms with Crippen LogP contribution in [-0.4, -0.2) is 33.1 Å². The highest BCUT2D eigenvalue weighted by Gasteiger charge is 2.21. The monoisotopic (exact) mass is 383 g/mol. The minimum Gasteiger partial charge on any atom is -0.495 e. The van der Waals surface area contributed by atoms with Crippen LogP contribution < -0.4 is 15.9 Å². The molecule has 0 aliphatic carbocycles. The number of nitrogens with one attached hydrogen (secondary N) is 1. The highest BCUT2D eigenvalue weighted by molar-refractivity contribution is 8.00. The molecule has 0 aliphatic rings. The van der Waals surface area contributed by atoms with Crippen molar-refractivity contribution in [2.75, 3.05) is 18.3 Å². The van der Waals surface area contributed by atoms with Crippen molar-refractivity contribution in [3.05, 3.63) is 54.1 Å². The van der Waals surface area contributed by atoms with Gasteiger partial charge >= 0.3 is 0 Å². The molecule has 1 atom stereocenters. The summed E-state index contributed by atoms with van der Waals surface area (Å²) >= 11 is 1.24. The highest BCUT2D eigenvalue weighted by Crippen LogP contribution is 2.28. The van der Waals surface area contributed by atoms with E-state index >= 15 is 0 Å². The Morgan fingerprint density at radius 2 is 1.89 bits per heavy atom. The molecule has 0 unspecified atom stereocenters. The molecule has 0 radical (unpaired) electrons. The Bertz CT molecular complexity index is 957. The van der Waals surface area contributed by atoms with Crippen LogP contribution in [0.4, 0.5) is 5.69 Å². The number of carbonyl (C=O) groups is 1. The molecule has 140 valence electrons. The topological polar surface area (TPSA) is 95.1 Å². The maximum Gasteiger partial charge on any atom is 0.237 e. The van der Waals surface area contributed by atoms with Gasteiger partial charge in [-0.05, 0) is 31.5 Å². The molecule has 7 nitrogen and oxygen atoms in total. The average molecular weight is 383 g/mol. The van der Waals surface area contributed by atoms with Crippen molar-refractivity contribution in [2.45, 2.75) is 24.3 Å². The number of hydrogen-bond donors (Lipinski definition) is 2. The van der Waals surface area contributed by atoms with E-state index in [1.807, 2.05) is 43.3 Å². The molecule has 0 bridgehead atoms. The lowest BCUT2D eigenvalue weighted by Crippen LogP contribution is -2.24. The minimum atomic E-state index is -0.425. The quantitative estimate of drug-likeness (QED) is 0.502. The van der Waals surface area contributed by atoms with Gasteiger partial charge in [0.05, 0.1) is 18.0 Å². The summed E-state index contributed by atoms with van der Waals surface area (Å²) in [6.07, 6.45) is 0. The summed E-state index contributed by atoms with van der Waals surface area (Å²) in [5.41, 5.74) is 2.58. The predicted molar refractivity (Wildman–Crippen MR) is 107 cm³/mol. The first-order chi connectivity index (χ1) is 13.0. The van der Waals surface area contributed by atoms with Crippen LogP contribution in [0, 0.1) is 6.92 Å². The lowest BCUT2D eigenvalue weighted by Gasteiger charge is -2.13. The largest absolute Gasteiger partial charge is 0.495 e. The number of benzene rings is 2.